The molecule has 88 valence electrons. The van der Waals surface area contributed by atoms with E-state index in [1.165, 1.54) is 0 Å². The summed E-state index contributed by atoms with van der Waals surface area (Å²) < 4.78 is 5.60. The van der Waals surface area contributed by atoms with Crippen LogP contribution in [0.4, 0.5) is 5.69 Å². The van der Waals surface area contributed by atoms with Gasteiger partial charge in [-0.2, -0.15) is 0 Å². The fourth-order valence-electron chi connectivity index (χ4n) is 2.00. The number of hydrogen-bond acceptors (Lipinski definition) is 3. The second-order valence-corrected chi connectivity index (χ2v) is 3.90. The third-order valence-electron chi connectivity index (χ3n) is 2.79. The van der Waals surface area contributed by atoms with E-state index in [-0.39, 0.29) is 5.69 Å². The molecule has 18 heavy (non-hydrogen) atoms. The van der Waals surface area contributed by atoms with Gasteiger partial charge in [-0.3, -0.25) is 10.1 Å². The molecule has 4 nitrogen and oxygen atoms in total. The van der Waals surface area contributed by atoms with E-state index in [9.17, 15) is 10.1 Å². The standard InChI is InChI=1S/C14H9NO3/c16-15(17)13-11-8-4-5-9-12(11)18-14(13)10-6-2-1-3-7-10/h1-9H. The van der Waals surface area contributed by atoms with Crippen molar-refractivity contribution >= 4 is 16.7 Å². The Kier molecular flexibility index (Phi) is 2.34. The number of nitro groups is 1. The average Bonchev–Trinajstić information content (AvgIpc) is 2.79. The van der Waals surface area contributed by atoms with Crippen LogP contribution in [-0.4, -0.2) is 4.92 Å². The van der Waals surface area contributed by atoms with Crippen molar-refractivity contribution in [2.45, 2.75) is 0 Å². The first-order valence-corrected chi connectivity index (χ1v) is 5.49. The highest BCUT2D eigenvalue weighted by Gasteiger charge is 2.24. The van der Waals surface area contributed by atoms with Gasteiger partial charge in [0.2, 0.25) is 5.76 Å². The zero-order valence-electron chi connectivity index (χ0n) is 9.37. The van der Waals surface area contributed by atoms with Crippen LogP contribution in [0.15, 0.2) is 59.0 Å². The largest absolute Gasteiger partial charge is 0.449 e. The molecule has 0 unspecified atom stereocenters. The second-order valence-electron chi connectivity index (χ2n) is 3.90. The molecule has 0 spiro atoms. The van der Waals surface area contributed by atoms with Crippen LogP contribution in [0.2, 0.25) is 0 Å². The van der Waals surface area contributed by atoms with Crippen molar-refractivity contribution in [3.63, 3.8) is 0 Å². The normalized spacial score (nSPS) is 10.7. The fraction of sp³-hybridized carbons (Fsp3) is 0. The van der Waals surface area contributed by atoms with E-state index in [0.717, 1.165) is 0 Å². The molecule has 0 saturated carbocycles. The molecule has 0 atom stereocenters. The molecule has 1 aromatic heterocycles. The molecule has 1 heterocycles. The van der Waals surface area contributed by atoms with Crippen LogP contribution in [0.5, 0.6) is 0 Å². The Bertz CT molecular complexity index is 716. The van der Waals surface area contributed by atoms with Crippen LogP contribution in [0.25, 0.3) is 22.3 Å². The highest BCUT2D eigenvalue weighted by atomic mass is 16.6. The Morgan fingerprint density at radius 3 is 2.33 bits per heavy atom. The third-order valence-corrected chi connectivity index (χ3v) is 2.79. The summed E-state index contributed by atoms with van der Waals surface area (Å²) in [6.45, 7) is 0. The van der Waals surface area contributed by atoms with Gasteiger partial charge >= 0.3 is 5.69 Å². The summed E-state index contributed by atoms with van der Waals surface area (Å²) in [5, 5.41) is 11.7. The predicted octanol–water partition coefficient (Wildman–Crippen LogP) is 4.01. The van der Waals surface area contributed by atoms with Gasteiger partial charge in [-0.05, 0) is 12.1 Å². The van der Waals surface area contributed by atoms with Gasteiger partial charge in [0.25, 0.3) is 0 Å². The van der Waals surface area contributed by atoms with Crippen molar-refractivity contribution in [3.8, 4) is 11.3 Å². The highest BCUT2D eigenvalue weighted by Crippen LogP contribution is 2.39. The summed E-state index contributed by atoms with van der Waals surface area (Å²) in [5.41, 5.74) is 1.26. The smallest absolute Gasteiger partial charge is 0.323 e. The lowest BCUT2D eigenvalue weighted by Gasteiger charge is -1.95. The highest BCUT2D eigenvalue weighted by molar-refractivity contribution is 5.94. The summed E-state index contributed by atoms with van der Waals surface area (Å²) in [6.07, 6.45) is 0. The molecule has 0 fully saturated rings. The Morgan fingerprint density at radius 1 is 0.944 bits per heavy atom. The third kappa shape index (κ3) is 1.55. The van der Waals surface area contributed by atoms with E-state index in [2.05, 4.69) is 0 Å². The molecule has 0 aliphatic heterocycles. The molecule has 0 saturated heterocycles. The van der Waals surface area contributed by atoms with E-state index in [1.807, 2.05) is 18.2 Å². The van der Waals surface area contributed by atoms with Crippen molar-refractivity contribution in [1.29, 1.82) is 0 Å². The molecular formula is C14H9NO3. The van der Waals surface area contributed by atoms with E-state index in [1.54, 1.807) is 36.4 Å². The minimum absolute atomic E-state index is 0.0248. The first-order chi connectivity index (χ1) is 8.77. The number of fused-ring (bicyclic) bond motifs is 1. The van der Waals surface area contributed by atoms with Gasteiger partial charge in [0.05, 0.1) is 10.3 Å². The van der Waals surface area contributed by atoms with Crippen molar-refractivity contribution in [2.24, 2.45) is 0 Å². The lowest BCUT2D eigenvalue weighted by atomic mass is 10.1. The summed E-state index contributed by atoms with van der Waals surface area (Å²) in [4.78, 5) is 10.8. The van der Waals surface area contributed by atoms with Gasteiger partial charge in [0.1, 0.15) is 5.58 Å². The molecule has 2 aromatic carbocycles. The maximum atomic E-state index is 11.2. The Balaban J connectivity index is 2.36. The van der Waals surface area contributed by atoms with Crippen molar-refractivity contribution in [3.05, 3.63) is 64.7 Å². The number of para-hydroxylation sites is 1. The van der Waals surface area contributed by atoms with Gasteiger partial charge < -0.3 is 4.42 Å². The SMILES string of the molecule is O=[N+]([O-])c1c(-c2ccccc2)oc2ccccc12. The number of nitrogens with zero attached hydrogens (tertiary/aromatic N) is 1. The zero-order valence-corrected chi connectivity index (χ0v) is 9.37. The van der Waals surface area contributed by atoms with Crippen molar-refractivity contribution in [1.82, 2.24) is 0 Å². The quantitative estimate of drug-likeness (QED) is 0.501. The van der Waals surface area contributed by atoms with Gasteiger partial charge in [-0.15, -0.1) is 0 Å². The van der Waals surface area contributed by atoms with Crippen LogP contribution in [0.3, 0.4) is 0 Å². The summed E-state index contributed by atoms with van der Waals surface area (Å²) in [6, 6.07) is 16.1. The lowest BCUT2D eigenvalue weighted by Crippen LogP contribution is -1.88. The maximum absolute atomic E-state index is 11.2. The topological polar surface area (TPSA) is 56.3 Å². The van der Waals surface area contributed by atoms with E-state index < -0.39 is 4.92 Å². The predicted molar refractivity (Wildman–Crippen MR) is 68.3 cm³/mol. The number of benzene rings is 2. The van der Waals surface area contributed by atoms with Crippen LogP contribution in [0, 0.1) is 10.1 Å². The molecule has 0 N–H and O–H groups in total. The molecule has 0 amide bonds. The van der Waals surface area contributed by atoms with Gasteiger partial charge in [-0.25, -0.2) is 0 Å². The lowest BCUT2D eigenvalue weighted by molar-refractivity contribution is -0.382. The van der Waals surface area contributed by atoms with Gasteiger partial charge in [0, 0.05) is 5.56 Å². The molecule has 0 aliphatic rings. The maximum Gasteiger partial charge on any atom is 0.323 e. The first kappa shape index (κ1) is 10.5. The minimum atomic E-state index is -0.395. The molecule has 4 heteroatoms. The van der Waals surface area contributed by atoms with Gasteiger partial charge in [0.15, 0.2) is 0 Å². The minimum Gasteiger partial charge on any atom is -0.449 e. The van der Waals surface area contributed by atoms with Gasteiger partial charge in [-0.1, -0.05) is 42.5 Å². The summed E-state index contributed by atoms with van der Waals surface area (Å²) in [5.74, 6) is 0.307. The monoisotopic (exact) mass is 239 g/mol. The zero-order chi connectivity index (χ0) is 12.5. The second kappa shape index (κ2) is 4.00. The Hall–Kier alpha value is -2.62. The first-order valence-electron chi connectivity index (χ1n) is 5.49. The van der Waals surface area contributed by atoms with E-state index in [0.29, 0.717) is 22.3 Å². The number of rotatable bonds is 2. The molecule has 0 radical (unpaired) electrons. The summed E-state index contributed by atoms with van der Waals surface area (Å²) >= 11 is 0. The molecule has 0 aliphatic carbocycles. The van der Waals surface area contributed by atoms with Crippen molar-refractivity contribution < 1.29 is 9.34 Å². The molecule has 3 rings (SSSR count). The summed E-state index contributed by atoms with van der Waals surface area (Å²) in [7, 11) is 0. The van der Waals surface area contributed by atoms with Crippen LogP contribution in [0.1, 0.15) is 0 Å². The molecule has 3 aromatic rings. The Labute approximate surface area is 103 Å². The van der Waals surface area contributed by atoms with Crippen LogP contribution in [-0.2, 0) is 0 Å². The van der Waals surface area contributed by atoms with E-state index >= 15 is 0 Å². The molecule has 0 bridgehead atoms. The van der Waals surface area contributed by atoms with Crippen LogP contribution >= 0.6 is 0 Å². The number of furan rings is 1. The Morgan fingerprint density at radius 2 is 1.61 bits per heavy atom. The average molecular weight is 239 g/mol. The van der Waals surface area contributed by atoms with Crippen LogP contribution < -0.4 is 0 Å². The van der Waals surface area contributed by atoms with Crippen molar-refractivity contribution in [2.75, 3.05) is 0 Å². The van der Waals surface area contributed by atoms with E-state index in [4.69, 9.17) is 4.42 Å². The fourth-order valence-corrected chi connectivity index (χ4v) is 2.00. The molecular weight excluding hydrogens is 230 g/mol. The number of hydrogen-bond donors (Lipinski definition) is 0.